The Bertz CT molecular complexity index is 267. The summed E-state index contributed by atoms with van der Waals surface area (Å²) in [7, 11) is 1.30. The number of hydrogen-bond acceptors (Lipinski definition) is 4. The lowest BCUT2D eigenvalue weighted by atomic mass is 10.4. The van der Waals surface area contributed by atoms with Crippen molar-refractivity contribution in [2.24, 2.45) is 0 Å². The molecule has 0 saturated carbocycles. The third-order valence-electron chi connectivity index (χ3n) is 0.951. The molecule has 0 fully saturated rings. The van der Waals surface area contributed by atoms with Gasteiger partial charge in [0.2, 0.25) is 0 Å². The van der Waals surface area contributed by atoms with E-state index in [4.69, 9.17) is 5.26 Å². The topological polar surface area (TPSA) is 36.7 Å². The molecule has 0 aliphatic heterocycles. The summed E-state index contributed by atoms with van der Waals surface area (Å²) in [5, 5.41) is 8.41. The van der Waals surface area contributed by atoms with Crippen molar-refractivity contribution in [3.63, 3.8) is 0 Å². The molecule has 4 heteroatoms. The first-order valence-electron chi connectivity index (χ1n) is 2.54. The first-order chi connectivity index (χ1) is 4.86. The number of rotatable bonds is 1. The third-order valence-corrected chi connectivity index (χ3v) is 2.05. The van der Waals surface area contributed by atoms with Crippen LogP contribution >= 0.6 is 22.5 Å². The Morgan fingerprint density at radius 2 is 2.50 bits per heavy atom. The van der Waals surface area contributed by atoms with Crippen LogP contribution in [0.5, 0.6) is 0 Å². The van der Waals surface area contributed by atoms with Gasteiger partial charge < -0.3 is 0 Å². The molecule has 0 bridgehead atoms. The second-order valence-electron chi connectivity index (χ2n) is 1.58. The Balaban J connectivity index is 3.01. The Morgan fingerprint density at radius 1 is 1.70 bits per heavy atom. The van der Waals surface area contributed by atoms with Gasteiger partial charge in [0.15, 0.2) is 0 Å². The van der Waals surface area contributed by atoms with Crippen molar-refractivity contribution in [1.29, 1.82) is 5.26 Å². The molecule has 0 aromatic carbocycles. The van der Waals surface area contributed by atoms with Crippen molar-refractivity contribution in [2.75, 3.05) is 0 Å². The molecule has 1 heterocycles. The molecule has 0 atom stereocenters. The maximum absolute atomic E-state index is 8.41. The molecule has 0 amide bonds. The average molecular weight is 168 g/mol. The first kappa shape index (κ1) is 7.45. The van der Waals surface area contributed by atoms with Crippen LogP contribution in [-0.4, -0.2) is 4.98 Å². The Kier molecular flexibility index (Phi) is 2.60. The van der Waals surface area contributed by atoms with E-state index in [1.807, 2.05) is 6.07 Å². The van der Waals surface area contributed by atoms with E-state index in [9.17, 15) is 0 Å². The van der Waals surface area contributed by atoms with Crippen LogP contribution in [0.2, 0.25) is 0 Å². The number of pyridine rings is 1. The quantitative estimate of drug-likeness (QED) is 0.514. The molecule has 50 valence electrons. The zero-order valence-electron chi connectivity index (χ0n) is 4.98. The standard InChI is InChI=1S/C6H4N2S2/c7-4-5-3-6(10-9)1-2-8-5/h1-3,9H. The second kappa shape index (κ2) is 3.49. The zero-order valence-corrected chi connectivity index (χ0v) is 6.69. The summed E-state index contributed by atoms with van der Waals surface area (Å²) in [6.07, 6.45) is 1.59. The van der Waals surface area contributed by atoms with Crippen LogP contribution in [0.3, 0.4) is 0 Å². The van der Waals surface area contributed by atoms with Crippen molar-refractivity contribution < 1.29 is 0 Å². The predicted octanol–water partition coefficient (Wildman–Crippen LogP) is 1.89. The highest BCUT2D eigenvalue weighted by molar-refractivity contribution is 8.68. The molecular formula is C6H4N2S2. The van der Waals surface area contributed by atoms with Crippen molar-refractivity contribution in [3.8, 4) is 6.07 Å². The second-order valence-corrected chi connectivity index (χ2v) is 2.78. The first-order valence-corrected chi connectivity index (χ1v) is 4.41. The van der Waals surface area contributed by atoms with E-state index in [-0.39, 0.29) is 0 Å². The van der Waals surface area contributed by atoms with Gasteiger partial charge in [-0.1, -0.05) is 10.8 Å². The summed E-state index contributed by atoms with van der Waals surface area (Å²) < 4.78 is 0. The lowest BCUT2D eigenvalue weighted by Gasteiger charge is -1.91. The van der Waals surface area contributed by atoms with Crippen molar-refractivity contribution in [1.82, 2.24) is 4.98 Å². The molecule has 0 aliphatic rings. The summed E-state index contributed by atoms with van der Waals surface area (Å²) in [6, 6.07) is 5.44. The van der Waals surface area contributed by atoms with Gasteiger partial charge in [-0.15, -0.1) is 11.7 Å². The van der Waals surface area contributed by atoms with E-state index < -0.39 is 0 Å². The molecule has 1 aromatic rings. The molecular weight excluding hydrogens is 164 g/mol. The van der Waals surface area contributed by atoms with Gasteiger partial charge in [0.25, 0.3) is 0 Å². The minimum absolute atomic E-state index is 0.430. The molecule has 10 heavy (non-hydrogen) atoms. The van der Waals surface area contributed by atoms with Crippen LogP contribution in [-0.2, 0) is 0 Å². The fourth-order valence-corrected chi connectivity index (χ4v) is 1.16. The summed E-state index contributed by atoms with van der Waals surface area (Å²) >= 11 is 3.98. The molecule has 2 nitrogen and oxygen atoms in total. The van der Waals surface area contributed by atoms with Gasteiger partial charge >= 0.3 is 0 Å². The number of nitriles is 1. The van der Waals surface area contributed by atoms with E-state index in [0.29, 0.717) is 5.69 Å². The Labute approximate surface area is 68.1 Å². The number of nitrogens with zero attached hydrogens (tertiary/aromatic N) is 2. The van der Waals surface area contributed by atoms with Crippen molar-refractivity contribution in [3.05, 3.63) is 24.0 Å². The monoisotopic (exact) mass is 168 g/mol. The van der Waals surface area contributed by atoms with Gasteiger partial charge in [-0.05, 0) is 12.1 Å². The van der Waals surface area contributed by atoms with Gasteiger partial charge in [-0.3, -0.25) is 0 Å². The Hall–Kier alpha value is -0.660. The van der Waals surface area contributed by atoms with Crippen LogP contribution in [0, 0.1) is 11.3 Å². The summed E-state index contributed by atoms with van der Waals surface area (Å²) in [5.74, 6) is 0. The van der Waals surface area contributed by atoms with Crippen LogP contribution in [0.25, 0.3) is 0 Å². The highest BCUT2D eigenvalue weighted by Gasteiger charge is 1.92. The molecule has 1 rings (SSSR count). The smallest absolute Gasteiger partial charge is 0.141 e. The van der Waals surface area contributed by atoms with E-state index in [2.05, 4.69) is 16.6 Å². The van der Waals surface area contributed by atoms with Crippen LogP contribution in [0.15, 0.2) is 23.2 Å². The largest absolute Gasteiger partial charge is 0.245 e. The van der Waals surface area contributed by atoms with Crippen molar-refractivity contribution in [2.45, 2.75) is 4.90 Å². The maximum atomic E-state index is 8.41. The highest BCUT2D eigenvalue weighted by Crippen LogP contribution is 2.20. The summed E-state index contributed by atoms with van der Waals surface area (Å²) in [5.41, 5.74) is 0.430. The summed E-state index contributed by atoms with van der Waals surface area (Å²) in [4.78, 5) is 4.74. The van der Waals surface area contributed by atoms with E-state index >= 15 is 0 Å². The fraction of sp³-hybridized carbons (Fsp3) is 0. The Morgan fingerprint density at radius 3 is 3.10 bits per heavy atom. The fourth-order valence-electron chi connectivity index (χ4n) is 0.529. The molecule has 0 aliphatic carbocycles. The van der Waals surface area contributed by atoms with Gasteiger partial charge in [-0.25, -0.2) is 4.98 Å². The van der Waals surface area contributed by atoms with E-state index in [1.165, 1.54) is 10.8 Å². The highest BCUT2D eigenvalue weighted by atomic mass is 33.1. The normalized spacial score (nSPS) is 8.80. The molecule has 0 radical (unpaired) electrons. The lowest BCUT2D eigenvalue weighted by Crippen LogP contribution is -1.79. The molecule has 0 N–H and O–H groups in total. The maximum Gasteiger partial charge on any atom is 0.141 e. The SMILES string of the molecule is N#Cc1cc(SS)ccn1. The zero-order chi connectivity index (χ0) is 7.40. The van der Waals surface area contributed by atoms with Gasteiger partial charge in [0.1, 0.15) is 11.8 Å². The van der Waals surface area contributed by atoms with E-state index in [0.717, 1.165) is 4.90 Å². The van der Waals surface area contributed by atoms with Gasteiger partial charge in [-0.2, -0.15) is 5.26 Å². The van der Waals surface area contributed by atoms with E-state index in [1.54, 1.807) is 18.3 Å². The van der Waals surface area contributed by atoms with Gasteiger partial charge in [0, 0.05) is 11.1 Å². The summed E-state index contributed by atoms with van der Waals surface area (Å²) in [6.45, 7) is 0. The van der Waals surface area contributed by atoms with Gasteiger partial charge in [0.05, 0.1) is 0 Å². The number of hydrogen-bond donors (Lipinski definition) is 1. The number of aromatic nitrogens is 1. The average Bonchev–Trinajstić information content (AvgIpc) is 2.05. The molecule has 1 aromatic heterocycles. The lowest BCUT2D eigenvalue weighted by molar-refractivity contribution is 1.22. The number of thiol groups is 1. The molecule has 0 unspecified atom stereocenters. The van der Waals surface area contributed by atoms with Crippen LogP contribution in [0.1, 0.15) is 5.69 Å². The van der Waals surface area contributed by atoms with Crippen LogP contribution < -0.4 is 0 Å². The third kappa shape index (κ3) is 1.66. The molecule has 0 spiro atoms. The predicted molar refractivity (Wildman–Crippen MR) is 43.8 cm³/mol. The van der Waals surface area contributed by atoms with Crippen molar-refractivity contribution >= 4 is 22.5 Å². The minimum atomic E-state index is 0.430. The molecule has 0 saturated heterocycles. The van der Waals surface area contributed by atoms with Crippen LogP contribution in [0.4, 0.5) is 0 Å². The minimum Gasteiger partial charge on any atom is -0.245 e.